The Morgan fingerprint density at radius 3 is 2.52 bits per heavy atom. The fourth-order valence-electron chi connectivity index (χ4n) is 1.22. The van der Waals surface area contributed by atoms with E-state index >= 15 is 0 Å². The van der Waals surface area contributed by atoms with Crippen LogP contribution < -0.4 is 10.0 Å². The molecular formula is C8H10F3N3O4S3. The van der Waals surface area contributed by atoms with Crippen LogP contribution in [0.25, 0.3) is 0 Å². The maximum atomic E-state index is 11.9. The van der Waals surface area contributed by atoms with Crippen molar-refractivity contribution in [1.82, 2.24) is 4.72 Å². The quantitative estimate of drug-likeness (QED) is 0.436. The lowest BCUT2D eigenvalue weighted by Crippen LogP contribution is -2.26. The summed E-state index contributed by atoms with van der Waals surface area (Å²) in [5.74, 6) is -0.491. The van der Waals surface area contributed by atoms with E-state index in [2.05, 4.69) is 5.32 Å². The summed E-state index contributed by atoms with van der Waals surface area (Å²) in [5, 5.41) is 13.3. The first kappa shape index (κ1) is 18.0. The van der Waals surface area contributed by atoms with Crippen LogP contribution >= 0.6 is 23.1 Å². The number of sulfonamides is 1. The molecular weight excluding hydrogens is 355 g/mol. The van der Waals surface area contributed by atoms with E-state index in [1.807, 2.05) is 4.72 Å². The molecule has 7 nitrogen and oxygen atoms in total. The summed E-state index contributed by atoms with van der Waals surface area (Å²) in [6.07, 6.45) is 0. The number of anilines is 1. The predicted octanol–water partition coefficient (Wildman–Crippen LogP) is 2.23. The molecule has 0 aliphatic heterocycles. The Morgan fingerprint density at radius 1 is 1.48 bits per heavy atom. The molecule has 0 bridgehead atoms. The molecule has 0 unspecified atom stereocenters. The fraction of sp³-hybridized carbons (Fsp3) is 0.500. The summed E-state index contributed by atoms with van der Waals surface area (Å²) < 4.78 is 60.9. The van der Waals surface area contributed by atoms with Crippen LogP contribution in [0.2, 0.25) is 0 Å². The van der Waals surface area contributed by atoms with Crippen LogP contribution in [0.15, 0.2) is 10.3 Å². The standard InChI is InChI=1S/C8H10F3N3O4S3/c1-12-7-5(14(15)16)4-6(20-7)21(17,18)13-2-3-19-8(9,10)11/h4,12-13H,2-3H2,1H3. The zero-order valence-corrected chi connectivity index (χ0v) is 12.9. The summed E-state index contributed by atoms with van der Waals surface area (Å²) in [4.78, 5) is 9.97. The summed E-state index contributed by atoms with van der Waals surface area (Å²) in [6, 6.07) is 0.857. The second kappa shape index (κ2) is 6.81. The van der Waals surface area contributed by atoms with Crippen LogP contribution in [0, 0.1) is 10.1 Å². The number of thiophene rings is 1. The molecule has 1 rings (SSSR count). The molecule has 1 heterocycles. The van der Waals surface area contributed by atoms with Crippen LogP contribution in [-0.2, 0) is 10.0 Å². The maximum absolute atomic E-state index is 11.9. The second-order valence-electron chi connectivity index (χ2n) is 3.48. The minimum Gasteiger partial charge on any atom is -0.374 e. The number of rotatable bonds is 7. The molecule has 0 saturated carbocycles. The van der Waals surface area contributed by atoms with Gasteiger partial charge in [0.2, 0.25) is 10.0 Å². The first-order valence-electron chi connectivity index (χ1n) is 5.23. The van der Waals surface area contributed by atoms with Gasteiger partial charge in [0.25, 0.3) is 0 Å². The number of hydrogen-bond donors (Lipinski definition) is 2. The number of halogens is 3. The van der Waals surface area contributed by atoms with Gasteiger partial charge >= 0.3 is 11.2 Å². The van der Waals surface area contributed by atoms with Crippen LogP contribution in [0.4, 0.5) is 23.9 Å². The van der Waals surface area contributed by atoms with E-state index < -0.39 is 38.4 Å². The molecule has 1 aromatic rings. The minimum atomic E-state index is -4.44. The van der Waals surface area contributed by atoms with Crippen molar-refractivity contribution >= 4 is 43.8 Å². The molecule has 0 aliphatic rings. The highest BCUT2D eigenvalue weighted by atomic mass is 32.2. The van der Waals surface area contributed by atoms with Crippen molar-refractivity contribution < 1.29 is 26.5 Å². The van der Waals surface area contributed by atoms with Gasteiger partial charge in [-0.15, -0.1) is 0 Å². The summed E-state index contributed by atoms with van der Waals surface area (Å²) in [5.41, 5.74) is -4.85. The van der Waals surface area contributed by atoms with Gasteiger partial charge in [0.05, 0.1) is 4.92 Å². The smallest absolute Gasteiger partial charge is 0.374 e. The summed E-state index contributed by atoms with van der Waals surface area (Å²) in [7, 11) is -2.69. The van der Waals surface area contributed by atoms with Gasteiger partial charge in [-0.1, -0.05) is 11.3 Å². The van der Waals surface area contributed by atoms with Gasteiger partial charge in [-0.25, -0.2) is 13.1 Å². The number of alkyl halides is 3. The Morgan fingerprint density at radius 2 is 2.10 bits per heavy atom. The van der Waals surface area contributed by atoms with E-state index in [0.717, 1.165) is 6.07 Å². The minimum absolute atomic E-state index is 0.0463. The lowest BCUT2D eigenvalue weighted by atomic mass is 10.5. The highest BCUT2D eigenvalue weighted by Crippen LogP contribution is 2.36. The zero-order chi connectivity index (χ0) is 16.3. The first-order valence-corrected chi connectivity index (χ1v) is 8.51. The SMILES string of the molecule is CNc1sc(S(=O)(=O)NCCSC(F)(F)F)cc1[N+](=O)[O-]. The number of nitrogens with zero attached hydrogens (tertiary/aromatic N) is 1. The van der Waals surface area contributed by atoms with Gasteiger partial charge < -0.3 is 5.32 Å². The van der Waals surface area contributed by atoms with Gasteiger partial charge in [0.1, 0.15) is 4.21 Å². The predicted molar refractivity (Wildman–Crippen MR) is 74.2 cm³/mol. The largest absolute Gasteiger partial charge is 0.441 e. The number of nitrogens with one attached hydrogen (secondary N) is 2. The third-order valence-corrected chi connectivity index (χ3v) is 5.85. The lowest BCUT2D eigenvalue weighted by Gasteiger charge is -2.06. The normalized spacial score (nSPS) is 12.4. The highest BCUT2D eigenvalue weighted by molar-refractivity contribution is 8.00. The number of thioether (sulfide) groups is 1. The zero-order valence-electron chi connectivity index (χ0n) is 10.4. The van der Waals surface area contributed by atoms with Gasteiger partial charge in [-0.05, 0) is 11.8 Å². The molecule has 21 heavy (non-hydrogen) atoms. The molecule has 13 heteroatoms. The van der Waals surface area contributed by atoms with Crippen molar-refractivity contribution in [1.29, 1.82) is 0 Å². The Balaban J connectivity index is 2.77. The van der Waals surface area contributed by atoms with Crippen molar-refractivity contribution in [3.63, 3.8) is 0 Å². The molecule has 0 saturated heterocycles. The van der Waals surface area contributed by atoms with Gasteiger partial charge in [-0.3, -0.25) is 10.1 Å². The topological polar surface area (TPSA) is 101 Å². The molecule has 0 fully saturated rings. The fourth-order valence-corrected chi connectivity index (χ4v) is 4.14. The van der Waals surface area contributed by atoms with Crippen molar-refractivity contribution in [2.75, 3.05) is 24.7 Å². The molecule has 0 atom stereocenters. The number of hydrogen-bond acceptors (Lipinski definition) is 7. The van der Waals surface area contributed by atoms with E-state index in [1.54, 1.807) is 0 Å². The molecule has 2 N–H and O–H groups in total. The van der Waals surface area contributed by atoms with Crippen molar-refractivity contribution in [2.24, 2.45) is 0 Å². The monoisotopic (exact) mass is 365 g/mol. The Labute approximate surface area is 126 Å². The van der Waals surface area contributed by atoms with Gasteiger partial charge in [-0.2, -0.15) is 13.2 Å². The lowest BCUT2D eigenvalue weighted by molar-refractivity contribution is -0.383. The molecule has 0 radical (unpaired) electrons. The van der Waals surface area contributed by atoms with Crippen molar-refractivity contribution in [3.05, 3.63) is 16.2 Å². The van der Waals surface area contributed by atoms with E-state index in [1.165, 1.54) is 7.05 Å². The maximum Gasteiger partial charge on any atom is 0.441 e. The van der Waals surface area contributed by atoms with Crippen molar-refractivity contribution in [3.8, 4) is 0 Å². The van der Waals surface area contributed by atoms with Gasteiger partial charge in [0.15, 0.2) is 5.00 Å². The highest BCUT2D eigenvalue weighted by Gasteiger charge is 2.29. The van der Waals surface area contributed by atoms with Crippen LogP contribution in [0.5, 0.6) is 0 Å². The molecule has 0 amide bonds. The molecule has 0 aliphatic carbocycles. The Hall–Kier alpha value is -1.05. The third kappa shape index (κ3) is 5.33. The third-order valence-electron chi connectivity index (χ3n) is 2.04. The summed E-state index contributed by atoms with van der Waals surface area (Å²) in [6.45, 7) is -0.437. The molecule has 0 spiro atoms. The second-order valence-corrected chi connectivity index (χ2v) is 7.68. The van der Waals surface area contributed by atoms with Gasteiger partial charge in [0, 0.05) is 25.4 Å². The Bertz CT molecular complexity index is 614. The van der Waals surface area contributed by atoms with E-state index in [4.69, 9.17) is 0 Å². The van der Waals surface area contributed by atoms with Crippen LogP contribution in [-0.4, -0.2) is 38.2 Å². The molecule has 0 aromatic carbocycles. The average Bonchev–Trinajstić information content (AvgIpc) is 2.78. The van der Waals surface area contributed by atoms with Crippen LogP contribution in [0.1, 0.15) is 0 Å². The van der Waals surface area contributed by atoms with E-state index in [0.29, 0.717) is 11.3 Å². The van der Waals surface area contributed by atoms with Crippen LogP contribution in [0.3, 0.4) is 0 Å². The Kier molecular flexibility index (Phi) is 5.83. The van der Waals surface area contributed by atoms with E-state index in [-0.39, 0.29) is 21.0 Å². The number of nitro groups is 1. The van der Waals surface area contributed by atoms with Crippen molar-refractivity contribution in [2.45, 2.75) is 9.72 Å². The average molecular weight is 365 g/mol. The first-order chi connectivity index (χ1) is 9.57. The molecule has 1 aromatic heterocycles. The summed E-state index contributed by atoms with van der Waals surface area (Å²) >= 11 is 0.269. The molecule has 120 valence electrons. The van der Waals surface area contributed by atoms with E-state index in [9.17, 15) is 31.7 Å².